The molecule has 1 aromatic carbocycles. The molecule has 84 valence electrons. The molecule has 17 heavy (non-hydrogen) atoms. The molecule has 2 rings (SSSR count). The molecule has 0 radical (unpaired) electrons. The van der Waals surface area contributed by atoms with Crippen molar-refractivity contribution < 1.29 is 9.13 Å². The van der Waals surface area contributed by atoms with Crippen molar-refractivity contribution in [3.8, 4) is 17.8 Å². The van der Waals surface area contributed by atoms with Crippen molar-refractivity contribution in [2.45, 2.75) is 0 Å². The number of halogens is 1. The number of hydrogen-bond donors (Lipinski definition) is 1. The van der Waals surface area contributed by atoms with Gasteiger partial charge in [-0.05, 0) is 18.2 Å². The topological polar surface area (TPSA) is 84.8 Å². The third kappa shape index (κ3) is 2.46. The molecule has 2 N–H and O–H groups in total. The Hall–Kier alpha value is -2.68. The van der Waals surface area contributed by atoms with E-state index in [2.05, 4.69) is 9.97 Å². The molecular weight excluding hydrogens is 223 g/mol. The van der Waals surface area contributed by atoms with Gasteiger partial charge in [0.15, 0.2) is 0 Å². The first-order valence-electron chi connectivity index (χ1n) is 4.65. The molecule has 0 bridgehead atoms. The number of ether oxygens (including phenoxy) is 1. The van der Waals surface area contributed by atoms with E-state index in [1.807, 2.05) is 0 Å². The maximum atomic E-state index is 13.3. The maximum absolute atomic E-state index is 13.3. The van der Waals surface area contributed by atoms with Crippen LogP contribution in [0.1, 0.15) is 5.56 Å². The highest BCUT2D eigenvalue weighted by molar-refractivity contribution is 5.37. The summed E-state index contributed by atoms with van der Waals surface area (Å²) in [7, 11) is 0. The van der Waals surface area contributed by atoms with Crippen LogP contribution in [0.25, 0.3) is 0 Å². The van der Waals surface area contributed by atoms with Gasteiger partial charge < -0.3 is 10.5 Å². The highest BCUT2D eigenvalue weighted by Gasteiger charge is 2.05. The van der Waals surface area contributed by atoms with Gasteiger partial charge in [-0.15, -0.1) is 0 Å². The zero-order chi connectivity index (χ0) is 12.3. The summed E-state index contributed by atoms with van der Waals surface area (Å²) in [5.74, 6) is -0.204. The van der Waals surface area contributed by atoms with Gasteiger partial charge in [0.25, 0.3) is 0 Å². The minimum absolute atomic E-state index is 0.0223. The molecule has 0 fully saturated rings. The highest BCUT2D eigenvalue weighted by atomic mass is 19.1. The smallest absolute Gasteiger partial charge is 0.323 e. The first-order valence-corrected chi connectivity index (χ1v) is 4.65. The number of nitrogens with zero attached hydrogens (tertiary/aromatic N) is 3. The molecule has 0 aliphatic heterocycles. The Balaban J connectivity index is 2.25. The normalized spacial score (nSPS) is 9.65. The predicted octanol–water partition coefficient (Wildman–Crippen LogP) is 1.86. The molecule has 1 heterocycles. The second kappa shape index (κ2) is 4.45. The molecule has 5 nitrogen and oxygen atoms in total. The molecule has 0 aliphatic rings. The van der Waals surface area contributed by atoms with Crippen LogP contribution in [-0.2, 0) is 0 Å². The maximum Gasteiger partial charge on any atom is 0.323 e. The molecule has 0 saturated heterocycles. The lowest BCUT2D eigenvalue weighted by Gasteiger charge is -2.04. The van der Waals surface area contributed by atoms with Crippen LogP contribution in [-0.4, -0.2) is 9.97 Å². The van der Waals surface area contributed by atoms with Gasteiger partial charge in [0.05, 0.1) is 5.56 Å². The van der Waals surface area contributed by atoms with Gasteiger partial charge in [-0.1, -0.05) is 0 Å². The molecule has 6 heteroatoms. The summed E-state index contributed by atoms with van der Waals surface area (Å²) in [4.78, 5) is 7.60. The molecule has 0 saturated carbocycles. The Labute approximate surface area is 96.3 Å². The summed E-state index contributed by atoms with van der Waals surface area (Å²) >= 11 is 0. The first-order chi connectivity index (χ1) is 8.19. The van der Waals surface area contributed by atoms with Gasteiger partial charge in [0, 0.05) is 12.3 Å². The second-order valence-electron chi connectivity index (χ2n) is 3.12. The number of benzene rings is 1. The van der Waals surface area contributed by atoms with Crippen LogP contribution >= 0.6 is 0 Å². The minimum atomic E-state index is -0.658. The number of anilines is 1. The van der Waals surface area contributed by atoms with Crippen molar-refractivity contribution in [3.05, 3.63) is 41.8 Å². The Bertz CT molecular complexity index is 594. The Morgan fingerprint density at radius 1 is 1.35 bits per heavy atom. The van der Waals surface area contributed by atoms with Gasteiger partial charge in [-0.3, -0.25) is 0 Å². The summed E-state index contributed by atoms with van der Waals surface area (Å²) in [5.41, 5.74) is 5.39. The highest BCUT2D eigenvalue weighted by Crippen LogP contribution is 2.20. The van der Waals surface area contributed by atoms with Crippen molar-refractivity contribution in [3.63, 3.8) is 0 Å². The van der Waals surface area contributed by atoms with E-state index in [9.17, 15) is 4.39 Å². The van der Waals surface area contributed by atoms with E-state index in [-0.39, 0.29) is 23.1 Å². The number of aromatic nitrogens is 2. The van der Waals surface area contributed by atoms with Gasteiger partial charge in [-0.25, -0.2) is 9.37 Å². The van der Waals surface area contributed by atoms with Crippen molar-refractivity contribution in [2.24, 2.45) is 0 Å². The fourth-order valence-electron chi connectivity index (χ4n) is 1.16. The average molecular weight is 230 g/mol. The Morgan fingerprint density at radius 2 is 2.18 bits per heavy atom. The van der Waals surface area contributed by atoms with Crippen LogP contribution in [0.3, 0.4) is 0 Å². The van der Waals surface area contributed by atoms with E-state index in [1.54, 1.807) is 6.07 Å². The number of nitrogen functional groups attached to an aromatic ring is 1. The minimum Gasteiger partial charge on any atom is -0.424 e. The van der Waals surface area contributed by atoms with Crippen molar-refractivity contribution >= 4 is 5.82 Å². The summed E-state index contributed by atoms with van der Waals surface area (Å²) in [6.07, 6.45) is 1.43. The predicted molar refractivity (Wildman–Crippen MR) is 57.6 cm³/mol. The van der Waals surface area contributed by atoms with Gasteiger partial charge >= 0.3 is 6.01 Å². The largest absolute Gasteiger partial charge is 0.424 e. The Morgan fingerprint density at radius 3 is 2.82 bits per heavy atom. The lowest BCUT2D eigenvalue weighted by atomic mass is 10.2. The number of nitriles is 1. The number of hydrogen-bond acceptors (Lipinski definition) is 5. The van der Waals surface area contributed by atoms with Crippen molar-refractivity contribution in [1.82, 2.24) is 9.97 Å². The molecule has 0 amide bonds. The summed E-state index contributed by atoms with van der Waals surface area (Å²) < 4.78 is 18.5. The summed E-state index contributed by atoms with van der Waals surface area (Å²) in [5, 5.41) is 8.56. The molecule has 2 aromatic rings. The van der Waals surface area contributed by atoms with Gasteiger partial charge in [-0.2, -0.15) is 10.2 Å². The van der Waals surface area contributed by atoms with E-state index in [0.29, 0.717) is 0 Å². The van der Waals surface area contributed by atoms with Crippen LogP contribution < -0.4 is 10.5 Å². The van der Waals surface area contributed by atoms with E-state index in [0.717, 1.165) is 6.07 Å². The van der Waals surface area contributed by atoms with Crippen LogP contribution in [0.4, 0.5) is 10.2 Å². The number of rotatable bonds is 2. The van der Waals surface area contributed by atoms with E-state index in [4.69, 9.17) is 15.7 Å². The lowest BCUT2D eigenvalue weighted by Crippen LogP contribution is -1.96. The van der Waals surface area contributed by atoms with Gasteiger partial charge in [0.1, 0.15) is 23.5 Å². The van der Waals surface area contributed by atoms with E-state index in [1.165, 1.54) is 24.4 Å². The molecule has 1 aromatic heterocycles. The van der Waals surface area contributed by atoms with Crippen LogP contribution in [0, 0.1) is 17.1 Å². The SMILES string of the molecule is N#Cc1ccc(Oc2nccc(N)n2)cc1F. The van der Waals surface area contributed by atoms with Crippen molar-refractivity contribution in [1.29, 1.82) is 5.26 Å². The first kappa shape index (κ1) is 10.8. The fraction of sp³-hybridized carbons (Fsp3) is 0. The quantitative estimate of drug-likeness (QED) is 0.851. The Kier molecular flexibility index (Phi) is 2.83. The molecule has 0 spiro atoms. The van der Waals surface area contributed by atoms with Gasteiger partial charge in [0.2, 0.25) is 0 Å². The lowest BCUT2D eigenvalue weighted by molar-refractivity contribution is 0.438. The van der Waals surface area contributed by atoms with E-state index < -0.39 is 5.82 Å². The van der Waals surface area contributed by atoms with Crippen LogP contribution in [0.15, 0.2) is 30.5 Å². The van der Waals surface area contributed by atoms with Crippen LogP contribution in [0.2, 0.25) is 0 Å². The summed E-state index contributed by atoms with van der Waals surface area (Å²) in [6.45, 7) is 0. The second-order valence-corrected chi connectivity index (χ2v) is 3.12. The number of nitrogens with two attached hydrogens (primary N) is 1. The molecular formula is C11H7FN4O. The summed E-state index contributed by atoms with van der Waals surface area (Å²) in [6, 6.07) is 7.10. The zero-order valence-electron chi connectivity index (χ0n) is 8.59. The van der Waals surface area contributed by atoms with Crippen LogP contribution in [0.5, 0.6) is 11.8 Å². The molecule has 0 atom stereocenters. The van der Waals surface area contributed by atoms with E-state index >= 15 is 0 Å². The molecule has 0 unspecified atom stereocenters. The third-order valence-corrected chi connectivity index (χ3v) is 1.93. The average Bonchev–Trinajstić information content (AvgIpc) is 2.29. The van der Waals surface area contributed by atoms with Crippen molar-refractivity contribution in [2.75, 3.05) is 5.73 Å². The monoisotopic (exact) mass is 230 g/mol. The zero-order valence-corrected chi connectivity index (χ0v) is 8.59. The standard InChI is InChI=1S/C11H7FN4O/c12-9-5-8(2-1-7(9)6-13)17-11-15-4-3-10(14)16-11/h1-5H,(H2,14,15,16). The third-order valence-electron chi connectivity index (χ3n) is 1.93. The molecule has 0 aliphatic carbocycles. The fourth-order valence-corrected chi connectivity index (χ4v) is 1.16.